The van der Waals surface area contributed by atoms with Gasteiger partial charge in [0.1, 0.15) is 6.10 Å². The summed E-state index contributed by atoms with van der Waals surface area (Å²) in [5, 5.41) is 13.7. The Kier molecular flexibility index (Phi) is 4.53. The van der Waals surface area contributed by atoms with Crippen molar-refractivity contribution in [1.82, 2.24) is 20.3 Å². The smallest absolute Gasteiger partial charge is 0.276 e. The molecule has 0 bridgehead atoms. The Bertz CT molecular complexity index is 879. The van der Waals surface area contributed by atoms with Crippen LogP contribution in [0.2, 0.25) is 0 Å². The quantitative estimate of drug-likeness (QED) is 0.679. The lowest BCUT2D eigenvalue weighted by Crippen LogP contribution is -2.31. The number of hydrogen-bond acceptors (Lipinski definition) is 8. The molecule has 1 unspecified atom stereocenters. The van der Waals surface area contributed by atoms with Crippen LogP contribution < -0.4 is 9.47 Å². The van der Waals surface area contributed by atoms with E-state index in [9.17, 15) is 4.79 Å². The first kappa shape index (κ1) is 16.5. The molecule has 26 heavy (non-hydrogen) atoms. The summed E-state index contributed by atoms with van der Waals surface area (Å²) in [6.45, 7) is 1.06. The van der Waals surface area contributed by atoms with E-state index < -0.39 is 0 Å². The van der Waals surface area contributed by atoms with E-state index in [1.54, 1.807) is 23.1 Å². The summed E-state index contributed by atoms with van der Waals surface area (Å²) in [6.07, 6.45) is 0.583. The van der Waals surface area contributed by atoms with E-state index in [2.05, 4.69) is 15.4 Å². The predicted molar refractivity (Wildman–Crippen MR) is 93.3 cm³/mol. The van der Waals surface area contributed by atoms with Gasteiger partial charge in [-0.1, -0.05) is 11.2 Å². The second-order valence-electron chi connectivity index (χ2n) is 5.75. The Morgan fingerprint density at radius 2 is 2.15 bits per heavy atom. The van der Waals surface area contributed by atoms with Crippen molar-refractivity contribution in [1.29, 1.82) is 0 Å². The van der Waals surface area contributed by atoms with Gasteiger partial charge in [0.2, 0.25) is 11.8 Å². The Morgan fingerprint density at radius 1 is 1.31 bits per heavy atom. The summed E-state index contributed by atoms with van der Waals surface area (Å²) >= 11 is 1.54. The van der Waals surface area contributed by atoms with E-state index in [1.807, 2.05) is 17.5 Å². The first-order valence-electron chi connectivity index (χ1n) is 8.07. The lowest BCUT2D eigenvalue weighted by molar-refractivity contribution is 0.0760. The molecule has 0 radical (unpaired) electrons. The fraction of sp³-hybridized carbons (Fsp3) is 0.294. The van der Waals surface area contributed by atoms with E-state index in [0.717, 1.165) is 11.3 Å². The number of carbonyl (C=O) groups is 1. The minimum absolute atomic E-state index is 0.134. The van der Waals surface area contributed by atoms with Gasteiger partial charge in [0.05, 0.1) is 18.5 Å². The molecule has 0 aliphatic carbocycles. The molecule has 3 aromatic heterocycles. The van der Waals surface area contributed by atoms with Gasteiger partial charge in [0, 0.05) is 31.2 Å². The van der Waals surface area contributed by atoms with Crippen molar-refractivity contribution in [3.63, 3.8) is 0 Å². The van der Waals surface area contributed by atoms with Gasteiger partial charge in [-0.25, -0.2) is 0 Å². The molecule has 1 fully saturated rings. The second-order valence-corrected chi connectivity index (χ2v) is 6.70. The number of ether oxygens (including phenoxy) is 2. The summed E-state index contributed by atoms with van der Waals surface area (Å²) in [5.74, 6) is 1.27. The maximum absolute atomic E-state index is 12.6. The standard InChI is InChI=1S/C17H16N4O4S/c1-23-15-4-5-16(19-18-15)24-11-6-7-21(10-11)17(22)12-9-13(25-20-12)14-3-2-8-26-14/h2-5,8-9,11H,6-7,10H2,1H3. The molecule has 9 heteroatoms. The molecule has 1 atom stereocenters. The topological polar surface area (TPSA) is 90.6 Å². The zero-order valence-corrected chi connectivity index (χ0v) is 14.8. The van der Waals surface area contributed by atoms with Crippen LogP contribution >= 0.6 is 11.3 Å². The second kappa shape index (κ2) is 7.12. The third kappa shape index (κ3) is 3.38. The monoisotopic (exact) mass is 372 g/mol. The number of hydrogen-bond donors (Lipinski definition) is 0. The molecule has 134 valence electrons. The zero-order valence-electron chi connectivity index (χ0n) is 14.0. The Balaban J connectivity index is 1.37. The van der Waals surface area contributed by atoms with Gasteiger partial charge in [-0.05, 0) is 11.4 Å². The highest BCUT2D eigenvalue weighted by Crippen LogP contribution is 2.26. The van der Waals surface area contributed by atoms with Crippen LogP contribution in [-0.4, -0.2) is 52.5 Å². The fourth-order valence-corrected chi connectivity index (χ4v) is 3.41. The summed E-state index contributed by atoms with van der Waals surface area (Å²) in [7, 11) is 1.53. The molecule has 4 rings (SSSR count). The van der Waals surface area contributed by atoms with Crippen molar-refractivity contribution < 1.29 is 18.8 Å². The van der Waals surface area contributed by atoms with Gasteiger partial charge in [-0.3, -0.25) is 4.79 Å². The fourth-order valence-electron chi connectivity index (χ4n) is 2.73. The molecule has 1 amide bonds. The van der Waals surface area contributed by atoms with Gasteiger partial charge in [-0.2, -0.15) is 0 Å². The zero-order chi connectivity index (χ0) is 17.9. The SMILES string of the molecule is COc1ccc(OC2CCN(C(=O)c3cc(-c4cccs4)on3)C2)nn1. The summed E-state index contributed by atoms with van der Waals surface area (Å²) in [5.41, 5.74) is 0.304. The summed E-state index contributed by atoms with van der Waals surface area (Å²) < 4.78 is 16.0. The van der Waals surface area contributed by atoms with Crippen molar-refractivity contribution in [2.45, 2.75) is 12.5 Å². The number of thiophene rings is 1. The molecule has 3 aromatic rings. The van der Waals surface area contributed by atoms with Gasteiger partial charge in [-0.15, -0.1) is 21.5 Å². The molecule has 0 saturated carbocycles. The van der Waals surface area contributed by atoms with Crippen molar-refractivity contribution >= 4 is 17.2 Å². The van der Waals surface area contributed by atoms with Crippen molar-refractivity contribution in [2.75, 3.05) is 20.2 Å². The Morgan fingerprint density at radius 3 is 2.88 bits per heavy atom. The average molecular weight is 372 g/mol. The van der Waals surface area contributed by atoms with Gasteiger partial charge < -0.3 is 18.9 Å². The van der Waals surface area contributed by atoms with E-state index in [4.69, 9.17) is 14.0 Å². The van der Waals surface area contributed by atoms with Crippen LogP contribution in [0.3, 0.4) is 0 Å². The third-order valence-electron chi connectivity index (χ3n) is 4.04. The Labute approximate surface area is 153 Å². The normalized spacial score (nSPS) is 16.7. The Hall–Kier alpha value is -2.94. The van der Waals surface area contributed by atoms with E-state index in [-0.39, 0.29) is 12.0 Å². The van der Waals surface area contributed by atoms with Gasteiger partial charge in [0.25, 0.3) is 5.91 Å². The maximum atomic E-state index is 12.6. The number of nitrogens with zero attached hydrogens (tertiary/aromatic N) is 4. The first-order chi connectivity index (χ1) is 12.7. The summed E-state index contributed by atoms with van der Waals surface area (Å²) in [4.78, 5) is 15.3. The van der Waals surface area contributed by atoms with E-state index in [0.29, 0.717) is 36.3 Å². The minimum atomic E-state index is -0.163. The maximum Gasteiger partial charge on any atom is 0.276 e. The van der Waals surface area contributed by atoms with Crippen molar-refractivity contribution in [3.05, 3.63) is 41.4 Å². The molecule has 0 spiro atoms. The largest absolute Gasteiger partial charge is 0.480 e. The molecular weight excluding hydrogens is 356 g/mol. The van der Waals surface area contributed by atoms with Crippen LogP contribution in [0.5, 0.6) is 11.8 Å². The first-order valence-corrected chi connectivity index (χ1v) is 8.95. The highest BCUT2D eigenvalue weighted by atomic mass is 32.1. The van der Waals surface area contributed by atoms with Crippen LogP contribution in [0, 0.1) is 0 Å². The molecule has 0 aromatic carbocycles. The van der Waals surface area contributed by atoms with Crippen LogP contribution in [-0.2, 0) is 0 Å². The molecule has 4 heterocycles. The van der Waals surface area contributed by atoms with E-state index in [1.165, 1.54) is 18.4 Å². The van der Waals surface area contributed by atoms with Crippen molar-refractivity contribution in [2.24, 2.45) is 0 Å². The number of likely N-dealkylation sites (tertiary alicyclic amines) is 1. The molecule has 8 nitrogen and oxygen atoms in total. The molecule has 1 saturated heterocycles. The highest BCUT2D eigenvalue weighted by Gasteiger charge is 2.30. The van der Waals surface area contributed by atoms with Crippen molar-refractivity contribution in [3.8, 4) is 22.4 Å². The number of amides is 1. The van der Waals surface area contributed by atoms with Crippen LogP contribution in [0.25, 0.3) is 10.6 Å². The number of carbonyl (C=O) groups excluding carboxylic acids is 1. The highest BCUT2D eigenvalue weighted by molar-refractivity contribution is 7.13. The number of aromatic nitrogens is 3. The molecule has 0 N–H and O–H groups in total. The van der Waals surface area contributed by atoms with Gasteiger partial charge >= 0.3 is 0 Å². The average Bonchev–Trinajstić information content (AvgIpc) is 3.42. The lowest BCUT2D eigenvalue weighted by atomic mass is 10.3. The molecule has 1 aliphatic heterocycles. The van der Waals surface area contributed by atoms with Crippen LogP contribution in [0.4, 0.5) is 0 Å². The lowest BCUT2D eigenvalue weighted by Gasteiger charge is -2.15. The molecular formula is C17H16N4O4S. The van der Waals surface area contributed by atoms with E-state index >= 15 is 0 Å². The van der Waals surface area contributed by atoms with Gasteiger partial charge in [0.15, 0.2) is 11.5 Å². The summed E-state index contributed by atoms with van der Waals surface area (Å²) in [6, 6.07) is 8.91. The third-order valence-corrected chi connectivity index (χ3v) is 4.92. The minimum Gasteiger partial charge on any atom is -0.480 e. The van der Waals surface area contributed by atoms with Crippen LogP contribution in [0.1, 0.15) is 16.9 Å². The predicted octanol–water partition coefficient (Wildman–Crippen LogP) is 2.50. The number of rotatable bonds is 5. The number of methoxy groups -OCH3 is 1. The van der Waals surface area contributed by atoms with Crippen LogP contribution in [0.15, 0.2) is 40.2 Å². The molecule has 1 aliphatic rings.